The van der Waals surface area contributed by atoms with Crippen LogP contribution in [-0.2, 0) is 13.0 Å². The fourth-order valence-electron chi connectivity index (χ4n) is 2.12. The van der Waals surface area contributed by atoms with Gasteiger partial charge in [0.05, 0.1) is 39.5 Å². The number of pyridine rings is 1. The van der Waals surface area contributed by atoms with E-state index in [1.807, 2.05) is 12.3 Å². The summed E-state index contributed by atoms with van der Waals surface area (Å²) in [5.74, 6) is 0.676. The lowest BCUT2D eigenvalue weighted by Crippen LogP contribution is -2.04. The van der Waals surface area contributed by atoms with Crippen LogP contribution in [0.15, 0.2) is 36.7 Å². The van der Waals surface area contributed by atoms with Gasteiger partial charge in [-0.05, 0) is 36.2 Å². The lowest BCUT2D eigenvalue weighted by molar-refractivity contribution is 1.00. The zero-order valence-electron chi connectivity index (χ0n) is 12.0. The molecular formula is C16H14Cl2N4. The minimum atomic E-state index is 0.470. The Morgan fingerprint density at radius 3 is 2.59 bits per heavy atom. The van der Waals surface area contributed by atoms with Crippen LogP contribution in [0.2, 0.25) is 10.0 Å². The minimum Gasteiger partial charge on any atom is -0.363 e. The number of nitrogens with zero attached hydrogens (tertiary/aromatic N) is 3. The van der Waals surface area contributed by atoms with Crippen LogP contribution in [0.4, 0.5) is 5.82 Å². The van der Waals surface area contributed by atoms with Crippen molar-refractivity contribution in [1.82, 2.24) is 15.0 Å². The molecule has 3 rings (SSSR count). The molecule has 4 nitrogen and oxygen atoms in total. The molecule has 0 saturated heterocycles. The lowest BCUT2D eigenvalue weighted by Gasteiger charge is -2.07. The molecule has 2 heterocycles. The fraction of sp³-hybridized carbons (Fsp3) is 0.188. The Hall–Kier alpha value is -1.91. The second-order valence-electron chi connectivity index (χ2n) is 4.87. The molecule has 0 aliphatic heterocycles. The molecule has 0 amide bonds. The molecule has 0 fully saturated rings. The van der Waals surface area contributed by atoms with Crippen molar-refractivity contribution in [3.8, 4) is 0 Å². The minimum absolute atomic E-state index is 0.470. The largest absolute Gasteiger partial charge is 0.363 e. The Bertz CT molecular complexity index is 820. The molecule has 0 aliphatic carbocycles. The molecule has 0 bridgehead atoms. The van der Waals surface area contributed by atoms with Crippen molar-refractivity contribution in [1.29, 1.82) is 0 Å². The number of aryl methyl sites for hydroxylation is 1. The smallest absolute Gasteiger partial charge is 0.145 e. The number of hydrogen-bond acceptors (Lipinski definition) is 4. The van der Waals surface area contributed by atoms with Crippen molar-refractivity contribution in [2.75, 3.05) is 5.32 Å². The zero-order chi connectivity index (χ0) is 15.5. The number of nitrogens with one attached hydrogen (secondary N) is 1. The van der Waals surface area contributed by atoms with E-state index in [2.05, 4.69) is 33.3 Å². The number of aromatic nitrogens is 3. The standard InChI is InChI=1S/C16H14Cl2N4/c1-2-10-3-4-19-11(5-10)8-21-16-9-20-14-6-12(17)13(18)7-15(14)22-16/h3-7,9H,2,8H2,1H3,(H,21,22). The average molecular weight is 333 g/mol. The quantitative estimate of drug-likeness (QED) is 0.763. The van der Waals surface area contributed by atoms with Gasteiger partial charge in [0.1, 0.15) is 5.82 Å². The van der Waals surface area contributed by atoms with Crippen molar-refractivity contribution in [2.24, 2.45) is 0 Å². The molecule has 112 valence electrons. The molecular weight excluding hydrogens is 319 g/mol. The molecule has 1 N–H and O–H groups in total. The van der Waals surface area contributed by atoms with Gasteiger partial charge in [-0.25, -0.2) is 4.98 Å². The summed E-state index contributed by atoms with van der Waals surface area (Å²) in [5.41, 5.74) is 3.65. The van der Waals surface area contributed by atoms with E-state index in [0.717, 1.165) is 12.1 Å². The van der Waals surface area contributed by atoms with Gasteiger partial charge in [0, 0.05) is 6.20 Å². The Balaban J connectivity index is 1.80. The van der Waals surface area contributed by atoms with Crippen LogP contribution < -0.4 is 5.32 Å². The number of rotatable bonds is 4. The van der Waals surface area contributed by atoms with Crippen LogP contribution in [0.3, 0.4) is 0 Å². The third kappa shape index (κ3) is 3.29. The van der Waals surface area contributed by atoms with Crippen molar-refractivity contribution in [2.45, 2.75) is 19.9 Å². The number of hydrogen-bond donors (Lipinski definition) is 1. The van der Waals surface area contributed by atoms with Crippen molar-refractivity contribution < 1.29 is 0 Å². The Labute approximate surface area is 138 Å². The number of anilines is 1. The first-order valence-electron chi connectivity index (χ1n) is 6.95. The number of halogens is 2. The summed E-state index contributed by atoms with van der Waals surface area (Å²) in [4.78, 5) is 13.2. The van der Waals surface area contributed by atoms with E-state index < -0.39 is 0 Å². The molecule has 1 aromatic carbocycles. The fourth-order valence-corrected chi connectivity index (χ4v) is 2.43. The molecule has 3 aromatic rings. The summed E-state index contributed by atoms with van der Waals surface area (Å²) in [7, 11) is 0. The van der Waals surface area contributed by atoms with E-state index in [9.17, 15) is 0 Å². The number of benzene rings is 1. The zero-order valence-corrected chi connectivity index (χ0v) is 13.5. The van der Waals surface area contributed by atoms with Crippen LogP contribution in [0, 0.1) is 0 Å². The number of fused-ring (bicyclic) bond motifs is 1. The maximum Gasteiger partial charge on any atom is 0.145 e. The van der Waals surface area contributed by atoms with Gasteiger partial charge in [0.25, 0.3) is 0 Å². The second kappa shape index (κ2) is 6.46. The van der Waals surface area contributed by atoms with Crippen molar-refractivity contribution in [3.63, 3.8) is 0 Å². The van der Waals surface area contributed by atoms with E-state index in [4.69, 9.17) is 23.2 Å². The molecule has 0 unspecified atom stereocenters. The molecule has 0 spiro atoms. The van der Waals surface area contributed by atoms with Gasteiger partial charge in [0.2, 0.25) is 0 Å². The predicted octanol–water partition coefficient (Wildman–Crippen LogP) is 4.51. The van der Waals surface area contributed by atoms with Gasteiger partial charge in [-0.3, -0.25) is 9.97 Å². The van der Waals surface area contributed by atoms with Gasteiger partial charge in [-0.1, -0.05) is 30.1 Å². The molecule has 0 saturated carbocycles. The monoisotopic (exact) mass is 332 g/mol. The first kappa shape index (κ1) is 15.0. The van der Waals surface area contributed by atoms with Gasteiger partial charge in [-0.15, -0.1) is 0 Å². The highest BCUT2D eigenvalue weighted by Gasteiger charge is 2.05. The van der Waals surface area contributed by atoms with Crippen LogP contribution in [-0.4, -0.2) is 15.0 Å². The third-order valence-electron chi connectivity index (χ3n) is 3.32. The molecule has 0 aliphatic rings. The SMILES string of the molecule is CCc1ccnc(CNc2cnc3cc(Cl)c(Cl)cc3n2)c1. The van der Waals surface area contributed by atoms with Gasteiger partial charge >= 0.3 is 0 Å². The molecule has 0 radical (unpaired) electrons. The van der Waals surface area contributed by atoms with Crippen LogP contribution in [0.25, 0.3) is 11.0 Å². The Morgan fingerprint density at radius 1 is 1.05 bits per heavy atom. The molecule has 6 heteroatoms. The third-order valence-corrected chi connectivity index (χ3v) is 4.05. The summed E-state index contributed by atoms with van der Waals surface area (Å²) in [6.45, 7) is 2.71. The van der Waals surface area contributed by atoms with Crippen molar-refractivity contribution in [3.05, 3.63) is 58.0 Å². The van der Waals surface area contributed by atoms with E-state index in [0.29, 0.717) is 33.4 Å². The topological polar surface area (TPSA) is 50.7 Å². The van der Waals surface area contributed by atoms with Gasteiger partial charge in [-0.2, -0.15) is 0 Å². The van der Waals surface area contributed by atoms with E-state index in [1.165, 1.54) is 5.56 Å². The van der Waals surface area contributed by atoms with E-state index in [-0.39, 0.29) is 0 Å². The maximum atomic E-state index is 6.02. The summed E-state index contributed by atoms with van der Waals surface area (Å²) in [5, 5.41) is 4.17. The van der Waals surface area contributed by atoms with E-state index in [1.54, 1.807) is 18.3 Å². The first-order chi connectivity index (χ1) is 10.7. The average Bonchev–Trinajstić information content (AvgIpc) is 2.54. The maximum absolute atomic E-state index is 6.02. The van der Waals surface area contributed by atoms with Crippen LogP contribution >= 0.6 is 23.2 Å². The summed E-state index contributed by atoms with van der Waals surface area (Å²) >= 11 is 12.0. The summed E-state index contributed by atoms with van der Waals surface area (Å²) < 4.78 is 0. The molecule has 22 heavy (non-hydrogen) atoms. The van der Waals surface area contributed by atoms with Crippen LogP contribution in [0.5, 0.6) is 0 Å². The highest BCUT2D eigenvalue weighted by Crippen LogP contribution is 2.26. The second-order valence-corrected chi connectivity index (χ2v) is 5.69. The molecule has 2 aromatic heterocycles. The van der Waals surface area contributed by atoms with Crippen molar-refractivity contribution >= 4 is 40.1 Å². The Kier molecular flexibility index (Phi) is 4.41. The highest BCUT2D eigenvalue weighted by atomic mass is 35.5. The van der Waals surface area contributed by atoms with Gasteiger partial charge < -0.3 is 5.32 Å². The Morgan fingerprint density at radius 2 is 1.82 bits per heavy atom. The predicted molar refractivity (Wildman–Crippen MR) is 90.5 cm³/mol. The molecule has 0 atom stereocenters. The highest BCUT2D eigenvalue weighted by molar-refractivity contribution is 6.42. The van der Waals surface area contributed by atoms with E-state index >= 15 is 0 Å². The normalized spacial score (nSPS) is 10.9. The lowest BCUT2D eigenvalue weighted by atomic mass is 10.2. The first-order valence-corrected chi connectivity index (χ1v) is 7.71. The summed E-state index contributed by atoms with van der Waals surface area (Å²) in [6, 6.07) is 7.53. The van der Waals surface area contributed by atoms with Crippen LogP contribution in [0.1, 0.15) is 18.2 Å². The summed E-state index contributed by atoms with van der Waals surface area (Å²) in [6.07, 6.45) is 4.49. The van der Waals surface area contributed by atoms with Gasteiger partial charge in [0.15, 0.2) is 0 Å².